The Balaban J connectivity index is 1.20. The van der Waals surface area contributed by atoms with E-state index < -0.39 is 17.3 Å². The molecule has 0 saturated carbocycles. The second kappa shape index (κ2) is 10.4. The maximum absolute atomic E-state index is 13.4. The number of carbonyl (C=O) groups excluding carboxylic acids is 3. The monoisotopic (exact) mass is 543 g/mol. The molecule has 6 rings (SSSR count). The predicted molar refractivity (Wildman–Crippen MR) is 144 cm³/mol. The summed E-state index contributed by atoms with van der Waals surface area (Å²) in [7, 11) is 0. The fraction of sp³-hybridized carbons (Fsp3) is 0.259. The minimum Gasteiger partial charge on any atom is -0.424 e. The highest BCUT2D eigenvalue weighted by atomic mass is 32.2. The lowest BCUT2D eigenvalue weighted by molar-refractivity contribution is -0.129. The van der Waals surface area contributed by atoms with Gasteiger partial charge in [0, 0.05) is 30.9 Å². The van der Waals surface area contributed by atoms with Crippen LogP contribution in [0.5, 0.6) is 11.8 Å². The van der Waals surface area contributed by atoms with E-state index in [4.69, 9.17) is 4.74 Å². The molecule has 2 N–H and O–H groups in total. The third-order valence-corrected chi connectivity index (χ3v) is 8.13. The van der Waals surface area contributed by atoms with Crippen LogP contribution in [0.2, 0.25) is 0 Å². The molecule has 1 aromatic carbocycles. The van der Waals surface area contributed by atoms with Crippen molar-refractivity contribution in [2.45, 2.75) is 35.2 Å². The third kappa shape index (κ3) is 4.78. The van der Waals surface area contributed by atoms with Gasteiger partial charge in [0.1, 0.15) is 16.0 Å². The van der Waals surface area contributed by atoms with E-state index in [0.29, 0.717) is 35.2 Å². The third-order valence-electron chi connectivity index (χ3n) is 6.84. The molecule has 3 aliphatic rings. The number of hydrogen-bond donors (Lipinski definition) is 2. The number of thioether (sulfide) groups is 1. The highest BCUT2D eigenvalue weighted by molar-refractivity contribution is 8.01. The number of hydrogen-bond acceptors (Lipinski definition) is 8. The number of amides is 4. The van der Waals surface area contributed by atoms with E-state index in [0.717, 1.165) is 18.4 Å². The zero-order valence-corrected chi connectivity index (χ0v) is 21.6. The molecular formula is C27H25N7O4S. The zero-order chi connectivity index (χ0) is 26.9. The smallest absolute Gasteiger partial charge is 0.327 e. The van der Waals surface area contributed by atoms with Crippen LogP contribution in [0.4, 0.5) is 16.2 Å². The van der Waals surface area contributed by atoms with Crippen LogP contribution in [-0.2, 0) is 9.59 Å². The number of ether oxygens (including phenoxy) is 1. The second-order valence-corrected chi connectivity index (χ2v) is 10.5. The van der Waals surface area contributed by atoms with Gasteiger partial charge in [-0.05, 0) is 37.1 Å². The van der Waals surface area contributed by atoms with Gasteiger partial charge in [-0.3, -0.25) is 14.5 Å². The van der Waals surface area contributed by atoms with Crippen LogP contribution in [0.15, 0.2) is 72.7 Å². The molecule has 198 valence electrons. The summed E-state index contributed by atoms with van der Waals surface area (Å²) in [5.41, 5.74) is 1.85. The lowest BCUT2D eigenvalue weighted by Crippen LogP contribution is -2.53. The van der Waals surface area contributed by atoms with Crippen molar-refractivity contribution in [2.24, 2.45) is 0 Å². The van der Waals surface area contributed by atoms with Gasteiger partial charge in [-0.1, -0.05) is 36.5 Å². The molecular weight excluding hydrogens is 518 g/mol. The van der Waals surface area contributed by atoms with E-state index in [1.54, 1.807) is 29.3 Å². The molecule has 3 aliphatic heterocycles. The lowest BCUT2D eigenvalue weighted by Gasteiger charge is -2.35. The molecule has 2 unspecified atom stereocenters. The second-order valence-electron chi connectivity index (χ2n) is 9.32. The first-order chi connectivity index (χ1) is 19.0. The van der Waals surface area contributed by atoms with Gasteiger partial charge < -0.3 is 20.3 Å². The number of nitrogens with zero attached hydrogens (tertiary/aromatic N) is 5. The number of benzene rings is 1. The first kappa shape index (κ1) is 24.9. The highest BCUT2D eigenvalue weighted by Crippen LogP contribution is 2.50. The van der Waals surface area contributed by atoms with E-state index in [2.05, 4.69) is 32.2 Å². The summed E-state index contributed by atoms with van der Waals surface area (Å²) in [6, 6.07) is 9.96. The van der Waals surface area contributed by atoms with Gasteiger partial charge in [-0.25, -0.2) is 19.7 Å². The molecule has 0 aliphatic carbocycles. The number of carbonyl (C=O) groups is 3. The van der Waals surface area contributed by atoms with E-state index in [9.17, 15) is 14.4 Å². The Morgan fingerprint density at radius 1 is 1.15 bits per heavy atom. The fourth-order valence-electron chi connectivity index (χ4n) is 5.06. The topological polar surface area (TPSA) is 130 Å². The molecule has 0 bridgehead atoms. The summed E-state index contributed by atoms with van der Waals surface area (Å²) in [6.45, 7) is 4.63. The van der Waals surface area contributed by atoms with Crippen molar-refractivity contribution >= 4 is 41.0 Å². The van der Waals surface area contributed by atoms with Gasteiger partial charge >= 0.3 is 12.0 Å². The molecule has 12 heteroatoms. The first-order valence-corrected chi connectivity index (χ1v) is 13.4. The van der Waals surface area contributed by atoms with Crippen molar-refractivity contribution in [2.75, 3.05) is 18.0 Å². The van der Waals surface area contributed by atoms with Crippen LogP contribution < -0.4 is 20.3 Å². The van der Waals surface area contributed by atoms with E-state index in [1.165, 1.54) is 35.1 Å². The Morgan fingerprint density at radius 2 is 1.95 bits per heavy atom. The van der Waals surface area contributed by atoms with Crippen LogP contribution in [0.1, 0.15) is 24.4 Å². The maximum Gasteiger partial charge on any atom is 0.327 e. The first-order valence-electron chi connectivity index (χ1n) is 12.5. The van der Waals surface area contributed by atoms with Gasteiger partial charge in [-0.15, -0.1) is 0 Å². The Labute approximate surface area is 228 Å². The summed E-state index contributed by atoms with van der Waals surface area (Å²) in [5, 5.41) is 6.15. The van der Waals surface area contributed by atoms with Crippen molar-refractivity contribution in [1.29, 1.82) is 0 Å². The summed E-state index contributed by atoms with van der Waals surface area (Å²) in [6.07, 6.45) is 7.51. The number of nitrogens with one attached hydrogen (secondary N) is 2. The van der Waals surface area contributed by atoms with E-state index in [1.807, 2.05) is 18.2 Å². The van der Waals surface area contributed by atoms with Crippen molar-refractivity contribution in [3.05, 3.63) is 73.2 Å². The number of aromatic nitrogens is 3. The number of pyridine rings is 1. The molecule has 0 radical (unpaired) electrons. The average molecular weight is 544 g/mol. The molecule has 1 fully saturated rings. The van der Waals surface area contributed by atoms with Gasteiger partial charge in [-0.2, -0.15) is 0 Å². The highest BCUT2D eigenvalue weighted by Gasteiger charge is 2.47. The molecule has 4 amide bonds. The number of piperidine rings is 1. The molecule has 5 heterocycles. The van der Waals surface area contributed by atoms with Crippen LogP contribution in [0, 0.1) is 0 Å². The predicted octanol–water partition coefficient (Wildman–Crippen LogP) is 3.33. The molecule has 0 spiro atoms. The summed E-state index contributed by atoms with van der Waals surface area (Å²) in [4.78, 5) is 55.0. The van der Waals surface area contributed by atoms with Crippen LogP contribution >= 0.6 is 11.8 Å². The summed E-state index contributed by atoms with van der Waals surface area (Å²) >= 11 is 1.32. The minimum absolute atomic E-state index is 0.145. The van der Waals surface area contributed by atoms with E-state index >= 15 is 0 Å². The number of likely N-dealkylation sites (tertiary alicyclic amines) is 1. The quantitative estimate of drug-likeness (QED) is 0.453. The number of para-hydroxylation sites is 1. The largest absolute Gasteiger partial charge is 0.424 e. The van der Waals surface area contributed by atoms with Gasteiger partial charge in [0.2, 0.25) is 11.8 Å². The number of anilines is 2. The molecule has 3 atom stereocenters. The van der Waals surface area contributed by atoms with Crippen molar-refractivity contribution in [1.82, 2.24) is 30.5 Å². The maximum atomic E-state index is 13.4. The summed E-state index contributed by atoms with van der Waals surface area (Å²) in [5.74, 6) is 0.255. The molecule has 1 saturated heterocycles. The van der Waals surface area contributed by atoms with Crippen molar-refractivity contribution in [3.63, 3.8) is 0 Å². The molecule has 39 heavy (non-hydrogen) atoms. The lowest BCUT2D eigenvalue weighted by atomic mass is 9.99. The Kier molecular flexibility index (Phi) is 6.61. The Hall–Kier alpha value is -4.45. The Morgan fingerprint density at radius 3 is 2.72 bits per heavy atom. The van der Waals surface area contributed by atoms with Crippen molar-refractivity contribution in [3.8, 4) is 11.8 Å². The SMILES string of the molecule is C=CC(=O)N1CCCC(NC(=O)[C@@H]2Sc3nccc4c3C2NC(=O)N4c2cnc(Oc3ccccc3)nc2)C1. The zero-order valence-electron chi connectivity index (χ0n) is 20.8. The summed E-state index contributed by atoms with van der Waals surface area (Å²) < 4.78 is 5.67. The van der Waals surface area contributed by atoms with Crippen LogP contribution in [0.25, 0.3) is 0 Å². The van der Waals surface area contributed by atoms with Gasteiger partial charge in [0.25, 0.3) is 0 Å². The number of urea groups is 1. The molecule has 3 aromatic rings. The molecule has 11 nitrogen and oxygen atoms in total. The minimum atomic E-state index is -0.594. The normalized spacial score (nSPS) is 21.5. The number of rotatable bonds is 6. The average Bonchev–Trinajstić information content (AvgIpc) is 3.33. The Bertz CT molecular complexity index is 1440. The van der Waals surface area contributed by atoms with E-state index in [-0.39, 0.29) is 23.9 Å². The fourth-order valence-corrected chi connectivity index (χ4v) is 6.30. The van der Waals surface area contributed by atoms with Gasteiger partial charge in [0.15, 0.2) is 0 Å². The van der Waals surface area contributed by atoms with Gasteiger partial charge in [0.05, 0.1) is 29.8 Å². The standard InChI is InChI=1S/C27H25N7O4S/c1-2-20(35)33-12-6-7-16(15-33)31-24(36)23-22-21-19(10-11-28-25(21)39-23)34(27(37)32-22)17-13-29-26(30-14-17)38-18-8-4-3-5-9-18/h2-5,8-11,13-14,16,22-23H,1,6-7,12,15H2,(H,31,36)(H,32,37)/t16?,22?,23-/m1/s1. The molecule has 2 aromatic heterocycles. The van der Waals surface area contributed by atoms with Crippen molar-refractivity contribution < 1.29 is 19.1 Å². The van der Waals surface area contributed by atoms with Crippen LogP contribution in [0.3, 0.4) is 0 Å². The van der Waals surface area contributed by atoms with Crippen LogP contribution in [-0.4, -0.2) is 62.1 Å².